The van der Waals surface area contributed by atoms with Crippen molar-refractivity contribution in [1.29, 1.82) is 0 Å². The van der Waals surface area contributed by atoms with Crippen LogP contribution in [0.3, 0.4) is 0 Å². The van der Waals surface area contributed by atoms with Crippen LogP contribution in [0.2, 0.25) is 0 Å². The number of hydrogen-bond acceptors (Lipinski definition) is 4. The second kappa shape index (κ2) is 8.86. The molecule has 0 aliphatic carbocycles. The van der Waals surface area contributed by atoms with Gasteiger partial charge in [0.1, 0.15) is 0 Å². The molecule has 1 saturated heterocycles. The summed E-state index contributed by atoms with van der Waals surface area (Å²) >= 11 is 0. The standard InChI is InChI=1S/C13H28N2O2/c1-12-11-15(7-5-13(12)14-2)6-4-8-17-10-9-16-3/h12-14H,4-11H2,1-3H3. The molecule has 0 aromatic carbocycles. The Labute approximate surface area is 106 Å². The zero-order valence-corrected chi connectivity index (χ0v) is 11.6. The van der Waals surface area contributed by atoms with Crippen molar-refractivity contribution in [3.8, 4) is 0 Å². The lowest BCUT2D eigenvalue weighted by Crippen LogP contribution is -2.47. The highest BCUT2D eigenvalue weighted by Gasteiger charge is 2.23. The first-order valence-corrected chi connectivity index (χ1v) is 6.74. The van der Waals surface area contributed by atoms with Crippen LogP contribution in [0.25, 0.3) is 0 Å². The van der Waals surface area contributed by atoms with Gasteiger partial charge in [-0.1, -0.05) is 6.92 Å². The van der Waals surface area contributed by atoms with Gasteiger partial charge in [-0.3, -0.25) is 0 Å². The molecule has 4 heteroatoms. The molecule has 0 saturated carbocycles. The van der Waals surface area contributed by atoms with Gasteiger partial charge in [0, 0.05) is 32.8 Å². The molecule has 1 fully saturated rings. The van der Waals surface area contributed by atoms with Gasteiger partial charge in [0.05, 0.1) is 13.2 Å². The van der Waals surface area contributed by atoms with Crippen molar-refractivity contribution in [2.45, 2.75) is 25.8 Å². The van der Waals surface area contributed by atoms with Crippen LogP contribution < -0.4 is 5.32 Å². The highest BCUT2D eigenvalue weighted by Crippen LogP contribution is 2.16. The van der Waals surface area contributed by atoms with Crippen molar-refractivity contribution >= 4 is 0 Å². The monoisotopic (exact) mass is 244 g/mol. The van der Waals surface area contributed by atoms with Crippen molar-refractivity contribution in [1.82, 2.24) is 10.2 Å². The summed E-state index contributed by atoms with van der Waals surface area (Å²) in [4.78, 5) is 2.55. The minimum Gasteiger partial charge on any atom is -0.382 e. The lowest BCUT2D eigenvalue weighted by Gasteiger charge is -2.36. The van der Waals surface area contributed by atoms with E-state index in [1.165, 1.54) is 19.5 Å². The van der Waals surface area contributed by atoms with Crippen LogP contribution in [0.5, 0.6) is 0 Å². The number of piperidine rings is 1. The molecule has 1 aliphatic rings. The van der Waals surface area contributed by atoms with Crippen LogP contribution in [0, 0.1) is 5.92 Å². The molecule has 1 aliphatic heterocycles. The summed E-state index contributed by atoms with van der Waals surface area (Å²) < 4.78 is 10.4. The number of likely N-dealkylation sites (tertiary alicyclic amines) is 1. The molecule has 0 spiro atoms. The third kappa shape index (κ3) is 5.82. The second-order valence-corrected chi connectivity index (χ2v) is 4.92. The van der Waals surface area contributed by atoms with E-state index in [0.29, 0.717) is 19.3 Å². The predicted molar refractivity (Wildman–Crippen MR) is 70.4 cm³/mol. The topological polar surface area (TPSA) is 33.7 Å². The molecule has 102 valence electrons. The Balaban J connectivity index is 2.01. The summed E-state index contributed by atoms with van der Waals surface area (Å²) in [6, 6.07) is 0.698. The van der Waals surface area contributed by atoms with Crippen molar-refractivity contribution in [2.75, 3.05) is 53.6 Å². The minimum absolute atomic E-state index is 0.698. The highest BCUT2D eigenvalue weighted by atomic mass is 16.5. The maximum atomic E-state index is 5.47. The van der Waals surface area contributed by atoms with Gasteiger partial charge in [-0.05, 0) is 32.4 Å². The fourth-order valence-corrected chi connectivity index (χ4v) is 2.50. The molecule has 1 N–H and O–H groups in total. The lowest BCUT2D eigenvalue weighted by molar-refractivity contribution is 0.0613. The van der Waals surface area contributed by atoms with Crippen molar-refractivity contribution in [3.63, 3.8) is 0 Å². The SMILES string of the molecule is CNC1CCN(CCCOCCOC)CC1C. The van der Waals surface area contributed by atoms with Crippen LogP contribution in [0.15, 0.2) is 0 Å². The van der Waals surface area contributed by atoms with Crippen LogP contribution in [0.1, 0.15) is 19.8 Å². The molecule has 2 atom stereocenters. The van der Waals surface area contributed by atoms with Gasteiger partial charge in [0.25, 0.3) is 0 Å². The maximum Gasteiger partial charge on any atom is 0.0700 e. The Hall–Kier alpha value is -0.160. The smallest absolute Gasteiger partial charge is 0.0700 e. The minimum atomic E-state index is 0.698. The first-order valence-electron chi connectivity index (χ1n) is 6.74. The van der Waals surface area contributed by atoms with E-state index in [2.05, 4.69) is 24.2 Å². The Kier molecular flexibility index (Phi) is 7.77. The zero-order chi connectivity index (χ0) is 12.5. The van der Waals surface area contributed by atoms with Crippen LogP contribution in [-0.4, -0.2) is 64.6 Å². The van der Waals surface area contributed by atoms with Gasteiger partial charge in [0.15, 0.2) is 0 Å². The number of methoxy groups -OCH3 is 1. The van der Waals surface area contributed by atoms with Crippen molar-refractivity contribution in [2.24, 2.45) is 5.92 Å². The number of ether oxygens (including phenoxy) is 2. The van der Waals surface area contributed by atoms with E-state index in [4.69, 9.17) is 9.47 Å². The third-order valence-corrected chi connectivity index (χ3v) is 3.56. The van der Waals surface area contributed by atoms with Crippen molar-refractivity contribution in [3.05, 3.63) is 0 Å². The van der Waals surface area contributed by atoms with Gasteiger partial charge in [-0.25, -0.2) is 0 Å². The van der Waals surface area contributed by atoms with Crippen LogP contribution in [0.4, 0.5) is 0 Å². The maximum absolute atomic E-state index is 5.47. The fourth-order valence-electron chi connectivity index (χ4n) is 2.50. The third-order valence-electron chi connectivity index (χ3n) is 3.56. The van der Waals surface area contributed by atoms with E-state index in [1.807, 2.05) is 0 Å². The molecule has 1 rings (SSSR count). The van der Waals surface area contributed by atoms with Crippen molar-refractivity contribution < 1.29 is 9.47 Å². The zero-order valence-electron chi connectivity index (χ0n) is 11.6. The Bertz CT molecular complexity index is 190. The van der Waals surface area contributed by atoms with E-state index < -0.39 is 0 Å². The fraction of sp³-hybridized carbons (Fsp3) is 1.00. The summed E-state index contributed by atoms with van der Waals surface area (Å²) in [6.07, 6.45) is 2.39. The van der Waals surface area contributed by atoms with Crippen LogP contribution >= 0.6 is 0 Å². The normalized spacial score (nSPS) is 26.3. The first kappa shape index (κ1) is 14.9. The second-order valence-electron chi connectivity index (χ2n) is 4.92. The highest BCUT2D eigenvalue weighted by molar-refractivity contribution is 4.81. The molecule has 0 aromatic rings. The Morgan fingerprint density at radius 3 is 2.76 bits per heavy atom. The van der Waals surface area contributed by atoms with E-state index in [-0.39, 0.29) is 0 Å². The Morgan fingerprint density at radius 2 is 2.12 bits per heavy atom. The summed E-state index contributed by atoms with van der Waals surface area (Å²) in [5.74, 6) is 0.753. The van der Waals surface area contributed by atoms with E-state index >= 15 is 0 Å². The van der Waals surface area contributed by atoms with Gasteiger partial charge in [-0.2, -0.15) is 0 Å². The molecule has 0 aromatic heterocycles. The molecule has 0 bridgehead atoms. The molecular formula is C13H28N2O2. The van der Waals surface area contributed by atoms with Gasteiger partial charge >= 0.3 is 0 Å². The molecular weight excluding hydrogens is 216 g/mol. The number of hydrogen-bond donors (Lipinski definition) is 1. The summed E-state index contributed by atoms with van der Waals surface area (Å²) in [6.45, 7) is 8.19. The molecule has 4 nitrogen and oxygen atoms in total. The molecule has 2 unspecified atom stereocenters. The van der Waals surface area contributed by atoms with Crippen LogP contribution in [-0.2, 0) is 9.47 Å². The number of nitrogens with one attached hydrogen (secondary N) is 1. The predicted octanol–water partition coefficient (Wildman–Crippen LogP) is 0.969. The average molecular weight is 244 g/mol. The molecule has 0 amide bonds. The van der Waals surface area contributed by atoms with E-state index in [9.17, 15) is 0 Å². The quantitative estimate of drug-likeness (QED) is 0.645. The molecule has 17 heavy (non-hydrogen) atoms. The van der Waals surface area contributed by atoms with Gasteiger partial charge in [0.2, 0.25) is 0 Å². The van der Waals surface area contributed by atoms with Gasteiger partial charge in [-0.15, -0.1) is 0 Å². The molecule has 1 heterocycles. The molecule has 0 radical (unpaired) electrons. The van der Waals surface area contributed by atoms with Gasteiger partial charge < -0.3 is 19.7 Å². The summed E-state index contributed by atoms with van der Waals surface area (Å²) in [5.41, 5.74) is 0. The summed E-state index contributed by atoms with van der Waals surface area (Å²) in [7, 11) is 3.77. The summed E-state index contributed by atoms with van der Waals surface area (Å²) in [5, 5.41) is 3.40. The average Bonchev–Trinajstić information content (AvgIpc) is 2.34. The largest absolute Gasteiger partial charge is 0.382 e. The number of rotatable bonds is 8. The van der Waals surface area contributed by atoms with E-state index in [0.717, 1.165) is 25.5 Å². The Morgan fingerprint density at radius 1 is 1.29 bits per heavy atom. The van der Waals surface area contributed by atoms with E-state index in [1.54, 1.807) is 7.11 Å². The first-order chi connectivity index (χ1) is 8.27. The number of nitrogens with zero attached hydrogens (tertiary/aromatic N) is 1. The lowest BCUT2D eigenvalue weighted by atomic mass is 9.94.